The van der Waals surface area contributed by atoms with Crippen molar-refractivity contribution in [2.24, 2.45) is 0 Å². The molecule has 0 fully saturated rings. The SMILES string of the molecule is C[C@H](OC(=O)c1cc(Cl)ccc1F)C(=O)Nc1ccc(Br)cc1. The van der Waals surface area contributed by atoms with Crippen LogP contribution in [0.1, 0.15) is 17.3 Å². The minimum Gasteiger partial charge on any atom is -0.449 e. The van der Waals surface area contributed by atoms with Gasteiger partial charge in [0.25, 0.3) is 5.91 Å². The third kappa shape index (κ3) is 4.77. The standard InChI is InChI=1S/C16H12BrClFNO3/c1-9(15(21)20-12-5-2-10(17)3-6-12)23-16(22)13-8-11(18)4-7-14(13)19/h2-9H,1H3,(H,20,21)/t9-/m0/s1. The molecule has 0 spiro atoms. The zero-order valence-electron chi connectivity index (χ0n) is 12.0. The molecular weight excluding hydrogens is 389 g/mol. The van der Waals surface area contributed by atoms with E-state index in [4.69, 9.17) is 16.3 Å². The average Bonchev–Trinajstić information content (AvgIpc) is 2.51. The van der Waals surface area contributed by atoms with Crippen LogP contribution in [0.5, 0.6) is 0 Å². The Morgan fingerprint density at radius 1 is 1.22 bits per heavy atom. The Morgan fingerprint density at radius 2 is 1.87 bits per heavy atom. The Balaban J connectivity index is 2.01. The zero-order valence-corrected chi connectivity index (χ0v) is 14.3. The highest BCUT2D eigenvalue weighted by Crippen LogP contribution is 2.17. The number of ether oxygens (including phenoxy) is 1. The van der Waals surface area contributed by atoms with Gasteiger partial charge in [-0.05, 0) is 49.4 Å². The summed E-state index contributed by atoms with van der Waals surface area (Å²) in [6.45, 7) is 1.40. The van der Waals surface area contributed by atoms with Gasteiger partial charge in [-0.3, -0.25) is 4.79 Å². The summed E-state index contributed by atoms with van der Waals surface area (Å²) in [6, 6.07) is 10.4. The highest BCUT2D eigenvalue weighted by atomic mass is 79.9. The lowest BCUT2D eigenvalue weighted by molar-refractivity contribution is -0.123. The molecule has 120 valence electrons. The molecule has 1 atom stereocenters. The van der Waals surface area contributed by atoms with Crippen molar-refractivity contribution in [1.29, 1.82) is 0 Å². The van der Waals surface area contributed by atoms with E-state index in [1.54, 1.807) is 24.3 Å². The molecule has 23 heavy (non-hydrogen) atoms. The normalized spacial score (nSPS) is 11.7. The Hall–Kier alpha value is -1.92. The van der Waals surface area contributed by atoms with E-state index in [1.807, 2.05) is 0 Å². The number of hydrogen-bond donors (Lipinski definition) is 1. The summed E-state index contributed by atoms with van der Waals surface area (Å²) in [7, 11) is 0. The fourth-order valence-corrected chi connectivity index (χ4v) is 2.15. The Kier molecular flexibility index (Phi) is 5.74. The average molecular weight is 401 g/mol. The quantitative estimate of drug-likeness (QED) is 0.773. The topological polar surface area (TPSA) is 55.4 Å². The summed E-state index contributed by atoms with van der Waals surface area (Å²) < 4.78 is 19.4. The van der Waals surface area contributed by atoms with Crippen molar-refractivity contribution >= 4 is 45.1 Å². The maximum Gasteiger partial charge on any atom is 0.341 e. The smallest absolute Gasteiger partial charge is 0.341 e. The van der Waals surface area contributed by atoms with Crippen molar-refractivity contribution in [3.8, 4) is 0 Å². The molecule has 2 rings (SSSR count). The van der Waals surface area contributed by atoms with Crippen molar-refractivity contribution in [3.05, 3.63) is 63.3 Å². The van der Waals surface area contributed by atoms with Gasteiger partial charge < -0.3 is 10.1 Å². The van der Waals surface area contributed by atoms with Gasteiger partial charge in [-0.1, -0.05) is 27.5 Å². The summed E-state index contributed by atoms with van der Waals surface area (Å²) >= 11 is 9.01. The van der Waals surface area contributed by atoms with Crippen molar-refractivity contribution in [1.82, 2.24) is 0 Å². The number of rotatable bonds is 4. The van der Waals surface area contributed by atoms with Gasteiger partial charge in [0, 0.05) is 15.2 Å². The minimum atomic E-state index is -1.09. The van der Waals surface area contributed by atoms with Crippen LogP contribution < -0.4 is 5.32 Å². The highest BCUT2D eigenvalue weighted by molar-refractivity contribution is 9.10. The second kappa shape index (κ2) is 7.57. The minimum absolute atomic E-state index is 0.199. The van der Waals surface area contributed by atoms with Crippen LogP contribution >= 0.6 is 27.5 Å². The number of hydrogen-bond acceptors (Lipinski definition) is 3. The molecule has 2 aromatic rings. The molecule has 1 N–H and O–H groups in total. The first kappa shape index (κ1) is 17.4. The molecule has 0 heterocycles. The fraction of sp³-hybridized carbons (Fsp3) is 0.125. The van der Waals surface area contributed by atoms with Crippen LogP contribution in [-0.2, 0) is 9.53 Å². The first-order valence-electron chi connectivity index (χ1n) is 6.59. The molecule has 0 aliphatic heterocycles. The molecule has 4 nitrogen and oxygen atoms in total. The van der Waals surface area contributed by atoms with Crippen molar-refractivity contribution in [2.45, 2.75) is 13.0 Å². The molecule has 0 saturated carbocycles. The predicted molar refractivity (Wildman–Crippen MR) is 89.1 cm³/mol. The largest absolute Gasteiger partial charge is 0.449 e. The van der Waals surface area contributed by atoms with Gasteiger partial charge in [-0.15, -0.1) is 0 Å². The highest BCUT2D eigenvalue weighted by Gasteiger charge is 2.21. The van der Waals surface area contributed by atoms with Crippen LogP contribution in [0.4, 0.5) is 10.1 Å². The van der Waals surface area contributed by atoms with Crippen LogP contribution in [0.2, 0.25) is 5.02 Å². The third-order valence-electron chi connectivity index (χ3n) is 2.91. The lowest BCUT2D eigenvalue weighted by atomic mass is 10.2. The number of carbonyl (C=O) groups excluding carboxylic acids is 2. The molecule has 0 aliphatic carbocycles. The van der Waals surface area contributed by atoms with Gasteiger partial charge in [0.2, 0.25) is 0 Å². The van der Waals surface area contributed by atoms with E-state index in [0.717, 1.165) is 16.6 Å². The number of amides is 1. The molecule has 0 radical (unpaired) electrons. The lowest BCUT2D eigenvalue weighted by Crippen LogP contribution is -2.30. The molecule has 2 aromatic carbocycles. The number of anilines is 1. The Morgan fingerprint density at radius 3 is 2.52 bits per heavy atom. The van der Waals surface area contributed by atoms with Gasteiger partial charge in [0.05, 0.1) is 5.56 Å². The van der Waals surface area contributed by atoms with E-state index in [1.165, 1.54) is 13.0 Å². The van der Waals surface area contributed by atoms with E-state index < -0.39 is 23.8 Å². The van der Waals surface area contributed by atoms with E-state index in [2.05, 4.69) is 21.2 Å². The van der Waals surface area contributed by atoms with Crippen LogP contribution in [0.3, 0.4) is 0 Å². The van der Waals surface area contributed by atoms with Gasteiger partial charge in [-0.25, -0.2) is 9.18 Å². The Labute approximate surface area is 145 Å². The number of esters is 1. The predicted octanol–water partition coefficient (Wildman–Crippen LogP) is 4.43. The van der Waals surface area contributed by atoms with Crippen molar-refractivity contribution in [2.75, 3.05) is 5.32 Å². The number of benzene rings is 2. The zero-order chi connectivity index (χ0) is 17.0. The van der Waals surface area contributed by atoms with Gasteiger partial charge >= 0.3 is 5.97 Å². The van der Waals surface area contributed by atoms with E-state index in [9.17, 15) is 14.0 Å². The van der Waals surface area contributed by atoms with Crippen LogP contribution in [0.15, 0.2) is 46.9 Å². The molecule has 0 saturated heterocycles. The molecule has 0 unspecified atom stereocenters. The molecule has 7 heteroatoms. The maximum atomic E-state index is 13.6. The Bertz CT molecular complexity index is 737. The first-order chi connectivity index (χ1) is 10.9. The molecular formula is C16H12BrClFNO3. The van der Waals surface area contributed by atoms with Gasteiger partial charge in [0.15, 0.2) is 6.10 Å². The summed E-state index contributed by atoms with van der Waals surface area (Å²) in [5.41, 5.74) is 0.232. The molecule has 0 aromatic heterocycles. The fourth-order valence-electron chi connectivity index (χ4n) is 1.71. The van der Waals surface area contributed by atoms with Crippen LogP contribution in [-0.4, -0.2) is 18.0 Å². The number of halogens is 3. The monoisotopic (exact) mass is 399 g/mol. The van der Waals surface area contributed by atoms with Gasteiger partial charge in [0.1, 0.15) is 5.82 Å². The molecule has 1 amide bonds. The van der Waals surface area contributed by atoms with E-state index in [-0.39, 0.29) is 10.6 Å². The molecule has 0 bridgehead atoms. The first-order valence-corrected chi connectivity index (χ1v) is 7.76. The van der Waals surface area contributed by atoms with E-state index in [0.29, 0.717) is 5.69 Å². The second-order valence-corrected chi connectivity index (χ2v) is 6.02. The lowest BCUT2D eigenvalue weighted by Gasteiger charge is -2.14. The third-order valence-corrected chi connectivity index (χ3v) is 3.68. The van der Waals surface area contributed by atoms with Gasteiger partial charge in [-0.2, -0.15) is 0 Å². The summed E-state index contributed by atoms with van der Waals surface area (Å²) in [5.74, 6) is -2.24. The van der Waals surface area contributed by atoms with Crippen LogP contribution in [0.25, 0.3) is 0 Å². The second-order valence-electron chi connectivity index (χ2n) is 4.67. The van der Waals surface area contributed by atoms with Crippen molar-refractivity contribution < 1.29 is 18.7 Å². The number of carbonyl (C=O) groups is 2. The summed E-state index contributed by atoms with van der Waals surface area (Å²) in [6.07, 6.45) is -1.09. The number of nitrogens with one attached hydrogen (secondary N) is 1. The summed E-state index contributed by atoms with van der Waals surface area (Å²) in [5, 5.41) is 2.79. The van der Waals surface area contributed by atoms with Crippen LogP contribution in [0, 0.1) is 5.82 Å². The van der Waals surface area contributed by atoms with E-state index >= 15 is 0 Å². The maximum absolute atomic E-state index is 13.6. The summed E-state index contributed by atoms with van der Waals surface area (Å²) in [4.78, 5) is 23.9. The van der Waals surface area contributed by atoms with Crippen molar-refractivity contribution in [3.63, 3.8) is 0 Å². The molecule has 0 aliphatic rings.